The molecule has 0 aliphatic rings. The van der Waals surface area contributed by atoms with Gasteiger partial charge < -0.3 is 15.3 Å². The zero-order valence-corrected chi connectivity index (χ0v) is 16.2. The van der Waals surface area contributed by atoms with Crippen molar-refractivity contribution in [2.24, 2.45) is 0 Å². The fraction of sp³-hybridized carbons (Fsp3) is 0.842. The van der Waals surface area contributed by atoms with Crippen molar-refractivity contribution in [2.45, 2.75) is 90.0 Å². The van der Waals surface area contributed by atoms with E-state index in [2.05, 4.69) is 12.2 Å². The number of hydrogen-bond donors (Lipinski definition) is 2. The Kier molecular flexibility index (Phi) is 13.8. The summed E-state index contributed by atoms with van der Waals surface area (Å²) in [5.74, 6) is -1.40. The second-order valence-corrected chi connectivity index (χ2v) is 6.86. The van der Waals surface area contributed by atoms with E-state index in [9.17, 15) is 14.4 Å². The Morgan fingerprint density at radius 1 is 0.880 bits per heavy atom. The molecule has 0 spiro atoms. The predicted molar refractivity (Wildman–Crippen MR) is 99.3 cm³/mol. The Balaban J connectivity index is 3.94. The van der Waals surface area contributed by atoms with Crippen LogP contribution in [0.4, 0.5) is 0 Å². The van der Waals surface area contributed by atoms with E-state index < -0.39 is 12.0 Å². The Morgan fingerprint density at radius 3 is 1.88 bits per heavy atom. The van der Waals surface area contributed by atoms with E-state index in [-0.39, 0.29) is 24.7 Å². The summed E-state index contributed by atoms with van der Waals surface area (Å²) in [5, 5.41) is 11.5. The Hall–Kier alpha value is -1.59. The van der Waals surface area contributed by atoms with Gasteiger partial charge in [0.25, 0.3) is 0 Å². The Labute approximate surface area is 152 Å². The topological polar surface area (TPSA) is 86.7 Å². The average molecular weight is 357 g/mol. The molecule has 2 amide bonds. The van der Waals surface area contributed by atoms with Crippen LogP contribution in [-0.2, 0) is 14.4 Å². The van der Waals surface area contributed by atoms with Crippen LogP contribution in [0.5, 0.6) is 0 Å². The van der Waals surface area contributed by atoms with Gasteiger partial charge >= 0.3 is 5.97 Å². The standard InChI is InChI=1S/C19H36N2O4/c1-4-5-6-7-8-9-10-11-12-13-17(22)20-16(14-15-18(23)24)19(25)21(2)3/h16H,4-15H2,1-3H3,(H,20,22)(H,23,24)/t16-/m0/s1. The van der Waals surface area contributed by atoms with Gasteiger partial charge in [0.1, 0.15) is 6.04 Å². The minimum Gasteiger partial charge on any atom is -0.481 e. The van der Waals surface area contributed by atoms with Gasteiger partial charge in [-0.15, -0.1) is 0 Å². The number of amides is 2. The van der Waals surface area contributed by atoms with Crippen LogP contribution in [0.2, 0.25) is 0 Å². The maximum atomic E-state index is 12.0. The molecule has 0 aliphatic heterocycles. The zero-order valence-electron chi connectivity index (χ0n) is 16.2. The first-order valence-corrected chi connectivity index (χ1v) is 9.60. The summed E-state index contributed by atoms with van der Waals surface area (Å²) in [6, 6.07) is -0.753. The molecule has 0 aliphatic carbocycles. The minimum absolute atomic E-state index is 0.121. The van der Waals surface area contributed by atoms with Crippen molar-refractivity contribution >= 4 is 17.8 Å². The van der Waals surface area contributed by atoms with Gasteiger partial charge in [0.2, 0.25) is 11.8 Å². The lowest BCUT2D eigenvalue weighted by Crippen LogP contribution is -2.46. The molecule has 0 saturated heterocycles. The van der Waals surface area contributed by atoms with Gasteiger partial charge in [0, 0.05) is 26.9 Å². The summed E-state index contributed by atoms with van der Waals surface area (Å²) in [6.45, 7) is 2.21. The maximum absolute atomic E-state index is 12.0. The molecule has 6 heteroatoms. The number of likely N-dealkylation sites (N-methyl/N-ethyl adjacent to an activating group) is 1. The number of aliphatic carboxylic acids is 1. The number of carboxylic acids is 1. The smallest absolute Gasteiger partial charge is 0.303 e. The van der Waals surface area contributed by atoms with Crippen LogP contribution >= 0.6 is 0 Å². The first-order valence-electron chi connectivity index (χ1n) is 9.60. The lowest BCUT2D eigenvalue weighted by molar-refractivity contribution is -0.138. The van der Waals surface area contributed by atoms with Crippen LogP contribution < -0.4 is 5.32 Å². The van der Waals surface area contributed by atoms with Gasteiger partial charge in [-0.25, -0.2) is 0 Å². The number of nitrogens with zero attached hydrogens (tertiary/aromatic N) is 1. The van der Waals surface area contributed by atoms with Crippen molar-refractivity contribution in [1.82, 2.24) is 10.2 Å². The third-order valence-electron chi connectivity index (χ3n) is 4.23. The highest BCUT2D eigenvalue weighted by Crippen LogP contribution is 2.11. The van der Waals surface area contributed by atoms with E-state index in [1.54, 1.807) is 14.1 Å². The predicted octanol–water partition coefficient (Wildman–Crippen LogP) is 3.35. The summed E-state index contributed by atoms with van der Waals surface area (Å²) in [7, 11) is 3.20. The summed E-state index contributed by atoms with van der Waals surface area (Å²) in [4.78, 5) is 36.1. The fourth-order valence-electron chi connectivity index (χ4n) is 2.70. The summed E-state index contributed by atoms with van der Waals surface area (Å²) < 4.78 is 0. The molecule has 0 bridgehead atoms. The molecule has 25 heavy (non-hydrogen) atoms. The second-order valence-electron chi connectivity index (χ2n) is 6.86. The highest BCUT2D eigenvalue weighted by molar-refractivity contribution is 5.87. The molecule has 0 rings (SSSR count). The quantitative estimate of drug-likeness (QED) is 0.441. The van der Waals surface area contributed by atoms with Crippen molar-refractivity contribution in [2.75, 3.05) is 14.1 Å². The molecule has 0 aromatic heterocycles. The number of nitrogens with one attached hydrogen (secondary N) is 1. The highest BCUT2D eigenvalue weighted by Gasteiger charge is 2.22. The van der Waals surface area contributed by atoms with Crippen molar-refractivity contribution in [1.29, 1.82) is 0 Å². The molecule has 0 heterocycles. The number of unbranched alkanes of at least 4 members (excludes halogenated alkanes) is 8. The zero-order chi connectivity index (χ0) is 19.1. The lowest BCUT2D eigenvalue weighted by atomic mass is 10.1. The molecule has 0 saturated carbocycles. The normalized spacial score (nSPS) is 11.8. The van der Waals surface area contributed by atoms with E-state index >= 15 is 0 Å². The van der Waals surface area contributed by atoms with Gasteiger partial charge in [0.15, 0.2) is 0 Å². The van der Waals surface area contributed by atoms with E-state index in [0.717, 1.165) is 19.3 Å². The van der Waals surface area contributed by atoms with Crippen LogP contribution in [-0.4, -0.2) is 47.9 Å². The SMILES string of the molecule is CCCCCCCCCCCC(=O)N[C@@H](CCC(=O)O)C(=O)N(C)C. The summed E-state index contributed by atoms with van der Waals surface area (Å²) in [6.07, 6.45) is 11.0. The van der Waals surface area contributed by atoms with Gasteiger partial charge in [-0.1, -0.05) is 58.3 Å². The number of carboxylic acid groups (broad SMARTS) is 1. The van der Waals surface area contributed by atoms with Crippen molar-refractivity contribution in [3.8, 4) is 0 Å². The monoisotopic (exact) mass is 356 g/mol. The van der Waals surface area contributed by atoms with Crippen LogP contribution in [0, 0.1) is 0 Å². The number of carbonyl (C=O) groups excluding carboxylic acids is 2. The molecule has 2 N–H and O–H groups in total. The van der Waals surface area contributed by atoms with Crippen LogP contribution in [0.25, 0.3) is 0 Å². The third-order valence-corrected chi connectivity index (χ3v) is 4.23. The molecule has 0 unspecified atom stereocenters. The molecule has 6 nitrogen and oxygen atoms in total. The average Bonchev–Trinajstić information content (AvgIpc) is 2.56. The molecule has 0 radical (unpaired) electrons. The van der Waals surface area contributed by atoms with Gasteiger partial charge in [-0.2, -0.15) is 0 Å². The van der Waals surface area contributed by atoms with E-state index in [1.807, 2.05) is 0 Å². The summed E-state index contributed by atoms with van der Waals surface area (Å²) in [5.41, 5.74) is 0. The first-order chi connectivity index (χ1) is 11.9. The van der Waals surface area contributed by atoms with Crippen molar-refractivity contribution in [3.63, 3.8) is 0 Å². The van der Waals surface area contributed by atoms with Gasteiger partial charge in [0.05, 0.1) is 0 Å². The Bertz CT molecular complexity index is 397. The molecule has 0 aromatic rings. The van der Waals surface area contributed by atoms with Gasteiger partial charge in [-0.05, 0) is 12.8 Å². The van der Waals surface area contributed by atoms with E-state index in [0.29, 0.717) is 6.42 Å². The van der Waals surface area contributed by atoms with Crippen LogP contribution in [0.3, 0.4) is 0 Å². The highest BCUT2D eigenvalue weighted by atomic mass is 16.4. The third kappa shape index (κ3) is 13.4. The molecule has 0 fully saturated rings. The van der Waals surface area contributed by atoms with Gasteiger partial charge in [-0.3, -0.25) is 14.4 Å². The number of hydrogen-bond acceptors (Lipinski definition) is 3. The lowest BCUT2D eigenvalue weighted by Gasteiger charge is -2.21. The second kappa shape index (κ2) is 14.7. The number of carbonyl (C=O) groups is 3. The summed E-state index contributed by atoms with van der Waals surface area (Å²) >= 11 is 0. The molecular formula is C19H36N2O4. The molecule has 0 aromatic carbocycles. The largest absolute Gasteiger partial charge is 0.481 e. The maximum Gasteiger partial charge on any atom is 0.303 e. The Morgan fingerprint density at radius 2 is 1.40 bits per heavy atom. The molecule has 146 valence electrons. The minimum atomic E-state index is -0.968. The van der Waals surface area contributed by atoms with E-state index in [1.165, 1.54) is 43.4 Å². The molecule has 1 atom stereocenters. The van der Waals surface area contributed by atoms with E-state index in [4.69, 9.17) is 5.11 Å². The van der Waals surface area contributed by atoms with Crippen LogP contribution in [0.15, 0.2) is 0 Å². The van der Waals surface area contributed by atoms with Crippen molar-refractivity contribution < 1.29 is 19.5 Å². The van der Waals surface area contributed by atoms with Crippen LogP contribution in [0.1, 0.15) is 84.0 Å². The number of rotatable bonds is 15. The first kappa shape index (κ1) is 23.4. The molecular weight excluding hydrogens is 320 g/mol. The fourth-order valence-corrected chi connectivity index (χ4v) is 2.70. The van der Waals surface area contributed by atoms with Crippen molar-refractivity contribution in [3.05, 3.63) is 0 Å².